The topological polar surface area (TPSA) is 103 Å². The molecule has 1 aromatic heterocycles. The van der Waals surface area contributed by atoms with Crippen LogP contribution in [0.5, 0.6) is 0 Å². The molecule has 1 aromatic carbocycles. The van der Waals surface area contributed by atoms with E-state index in [-0.39, 0.29) is 24.4 Å². The molecule has 0 bridgehead atoms. The lowest BCUT2D eigenvalue weighted by Gasteiger charge is -2.28. The second kappa shape index (κ2) is 7.73. The number of esters is 1. The van der Waals surface area contributed by atoms with Crippen LogP contribution in [-0.4, -0.2) is 48.2 Å². The number of hydrogen-bond acceptors (Lipinski definition) is 7. The van der Waals surface area contributed by atoms with E-state index in [0.29, 0.717) is 36.8 Å². The Hall–Kier alpha value is -1.97. The average molecular weight is 400 g/mol. The Bertz CT molecular complexity index is 874. The van der Waals surface area contributed by atoms with Crippen LogP contribution in [-0.2, 0) is 26.2 Å². The normalized spacial score (nSPS) is 16.5. The molecule has 1 saturated heterocycles. The number of hydrogen-bond donors (Lipinski definition) is 0. The Morgan fingerprint density at radius 2 is 1.96 bits per heavy atom. The molecule has 1 aliphatic rings. The van der Waals surface area contributed by atoms with E-state index in [0.717, 1.165) is 5.56 Å². The van der Waals surface area contributed by atoms with Crippen LogP contribution >= 0.6 is 11.6 Å². The van der Waals surface area contributed by atoms with Gasteiger partial charge in [0.05, 0.1) is 12.2 Å². The van der Waals surface area contributed by atoms with E-state index in [1.807, 2.05) is 0 Å². The number of carbonyl (C=O) groups is 1. The molecule has 3 rings (SSSR count). The van der Waals surface area contributed by atoms with Gasteiger partial charge < -0.3 is 9.26 Å². The first kappa shape index (κ1) is 18.8. The monoisotopic (exact) mass is 399 g/mol. The highest BCUT2D eigenvalue weighted by Gasteiger charge is 2.30. The van der Waals surface area contributed by atoms with Gasteiger partial charge in [0, 0.05) is 23.7 Å². The fourth-order valence-electron chi connectivity index (χ4n) is 2.70. The maximum atomic E-state index is 12.1. The standard InChI is InChI=1S/C16H18ClN3O5S/c1-26(22,23)20-8-6-12(7-9-20)16(21)24-10-14-18-15(19-25-14)11-2-4-13(17)5-3-11/h2-5,12H,6-10H2,1H3. The van der Waals surface area contributed by atoms with Crippen LogP contribution < -0.4 is 0 Å². The summed E-state index contributed by atoms with van der Waals surface area (Å²) in [5.74, 6) is -0.137. The average Bonchev–Trinajstić information content (AvgIpc) is 3.08. The maximum Gasteiger partial charge on any atom is 0.309 e. The molecule has 0 amide bonds. The van der Waals surface area contributed by atoms with Crippen molar-refractivity contribution in [3.63, 3.8) is 0 Å². The summed E-state index contributed by atoms with van der Waals surface area (Å²) < 4.78 is 34.7. The zero-order valence-corrected chi connectivity index (χ0v) is 15.7. The van der Waals surface area contributed by atoms with Crippen molar-refractivity contribution in [1.29, 1.82) is 0 Å². The van der Waals surface area contributed by atoms with Gasteiger partial charge in [0.15, 0.2) is 6.61 Å². The Kier molecular flexibility index (Phi) is 5.59. The Balaban J connectivity index is 1.52. The maximum absolute atomic E-state index is 12.1. The molecular weight excluding hydrogens is 382 g/mol. The van der Waals surface area contributed by atoms with Crippen molar-refractivity contribution >= 4 is 27.6 Å². The number of ether oxygens (including phenoxy) is 1. The Labute approximate surface area is 156 Å². The van der Waals surface area contributed by atoms with Crippen molar-refractivity contribution in [2.75, 3.05) is 19.3 Å². The van der Waals surface area contributed by atoms with Crippen molar-refractivity contribution in [2.45, 2.75) is 19.4 Å². The molecule has 2 heterocycles. The van der Waals surface area contributed by atoms with Crippen LogP contribution in [0.2, 0.25) is 5.02 Å². The number of piperidine rings is 1. The van der Waals surface area contributed by atoms with Crippen LogP contribution in [0.15, 0.2) is 28.8 Å². The van der Waals surface area contributed by atoms with Crippen LogP contribution in [0.4, 0.5) is 0 Å². The van der Waals surface area contributed by atoms with Gasteiger partial charge in [0.2, 0.25) is 15.8 Å². The number of nitrogens with zero attached hydrogens (tertiary/aromatic N) is 3. The molecule has 10 heteroatoms. The van der Waals surface area contributed by atoms with Crippen molar-refractivity contribution in [3.8, 4) is 11.4 Å². The van der Waals surface area contributed by atoms with Gasteiger partial charge in [-0.15, -0.1) is 0 Å². The first-order valence-corrected chi connectivity index (χ1v) is 10.3. The van der Waals surface area contributed by atoms with E-state index in [9.17, 15) is 13.2 Å². The highest BCUT2D eigenvalue weighted by Crippen LogP contribution is 2.22. The van der Waals surface area contributed by atoms with E-state index in [4.69, 9.17) is 20.9 Å². The molecule has 0 unspecified atom stereocenters. The molecule has 0 aliphatic carbocycles. The van der Waals surface area contributed by atoms with Crippen LogP contribution in [0.3, 0.4) is 0 Å². The number of rotatable bonds is 5. The molecule has 2 aromatic rings. The second-order valence-electron chi connectivity index (χ2n) is 6.06. The summed E-state index contributed by atoms with van der Waals surface area (Å²) in [6.45, 7) is 0.519. The van der Waals surface area contributed by atoms with Gasteiger partial charge in [-0.2, -0.15) is 4.98 Å². The minimum atomic E-state index is -3.22. The molecule has 0 spiro atoms. The highest BCUT2D eigenvalue weighted by atomic mass is 35.5. The molecule has 0 saturated carbocycles. The molecule has 140 valence electrons. The van der Waals surface area contributed by atoms with Gasteiger partial charge in [0.1, 0.15) is 0 Å². The fraction of sp³-hybridized carbons (Fsp3) is 0.438. The molecule has 0 atom stereocenters. The summed E-state index contributed by atoms with van der Waals surface area (Å²) in [6.07, 6.45) is 2.04. The van der Waals surface area contributed by atoms with Gasteiger partial charge >= 0.3 is 5.97 Å². The summed E-state index contributed by atoms with van der Waals surface area (Å²) in [5, 5.41) is 4.45. The minimum Gasteiger partial charge on any atom is -0.455 e. The van der Waals surface area contributed by atoms with Crippen molar-refractivity contribution < 1.29 is 22.5 Å². The zero-order valence-electron chi connectivity index (χ0n) is 14.1. The first-order chi connectivity index (χ1) is 12.3. The summed E-state index contributed by atoms with van der Waals surface area (Å²) in [5.41, 5.74) is 0.740. The number of sulfonamides is 1. The van der Waals surface area contributed by atoms with Crippen LogP contribution in [0.1, 0.15) is 18.7 Å². The van der Waals surface area contributed by atoms with E-state index in [1.165, 1.54) is 10.6 Å². The predicted octanol–water partition coefficient (Wildman–Crippen LogP) is 2.10. The van der Waals surface area contributed by atoms with E-state index in [1.54, 1.807) is 24.3 Å². The minimum absolute atomic E-state index is 0.119. The van der Waals surface area contributed by atoms with E-state index < -0.39 is 10.0 Å². The first-order valence-electron chi connectivity index (χ1n) is 8.03. The largest absolute Gasteiger partial charge is 0.455 e. The smallest absolute Gasteiger partial charge is 0.309 e. The highest BCUT2D eigenvalue weighted by molar-refractivity contribution is 7.88. The number of aromatic nitrogens is 2. The SMILES string of the molecule is CS(=O)(=O)N1CCC(C(=O)OCc2nc(-c3ccc(Cl)cc3)no2)CC1. The van der Waals surface area contributed by atoms with Crippen molar-refractivity contribution in [3.05, 3.63) is 35.2 Å². The summed E-state index contributed by atoms with van der Waals surface area (Å²) >= 11 is 5.84. The predicted molar refractivity (Wildman–Crippen MR) is 93.7 cm³/mol. The second-order valence-corrected chi connectivity index (χ2v) is 8.48. The number of benzene rings is 1. The van der Waals surface area contributed by atoms with Crippen LogP contribution in [0, 0.1) is 5.92 Å². The summed E-state index contributed by atoms with van der Waals surface area (Å²) in [4.78, 5) is 16.3. The molecule has 26 heavy (non-hydrogen) atoms. The molecule has 8 nitrogen and oxygen atoms in total. The van der Waals surface area contributed by atoms with Gasteiger partial charge in [0.25, 0.3) is 5.89 Å². The molecule has 0 radical (unpaired) electrons. The summed E-state index contributed by atoms with van der Waals surface area (Å²) in [6, 6.07) is 6.96. The molecule has 0 N–H and O–H groups in total. The third-order valence-corrected chi connectivity index (χ3v) is 5.72. The van der Waals surface area contributed by atoms with Gasteiger partial charge in [-0.1, -0.05) is 16.8 Å². The lowest BCUT2D eigenvalue weighted by Crippen LogP contribution is -2.40. The van der Waals surface area contributed by atoms with Crippen molar-refractivity contribution in [1.82, 2.24) is 14.4 Å². The number of carbonyl (C=O) groups excluding carboxylic acids is 1. The van der Waals surface area contributed by atoms with Gasteiger partial charge in [-0.3, -0.25) is 4.79 Å². The zero-order chi connectivity index (χ0) is 18.7. The van der Waals surface area contributed by atoms with Gasteiger partial charge in [-0.25, -0.2) is 12.7 Å². The third-order valence-electron chi connectivity index (χ3n) is 4.16. The number of halogens is 1. The molecular formula is C16H18ClN3O5S. The van der Waals surface area contributed by atoms with Crippen molar-refractivity contribution in [2.24, 2.45) is 5.92 Å². The van der Waals surface area contributed by atoms with Crippen LogP contribution in [0.25, 0.3) is 11.4 Å². The Morgan fingerprint density at radius 1 is 1.31 bits per heavy atom. The van der Waals surface area contributed by atoms with E-state index in [2.05, 4.69) is 10.1 Å². The van der Waals surface area contributed by atoms with Gasteiger partial charge in [-0.05, 0) is 37.1 Å². The quantitative estimate of drug-likeness (QED) is 0.709. The Morgan fingerprint density at radius 3 is 2.58 bits per heavy atom. The molecule has 1 fully saturated rings. The third kappa shape index (κ3) is 4.60. The lowest BCUT2D eigenvalue weighted by molar-refractivity contribution is -0.152. The lowest BCUT2D eigenvalue weighted by atomic mass is 9.98. The molecule has 1 aliphatic heterocycles. The fourth-order valence-corrected chi connectivity index (χ4v) is 3.70. The van der Waals surface area contributed by atoms with E-state index >= 15 is 0 Å². The summed E-state index contributed by atoms with van der Waals surface area (Å²) in [7, 11) is -3.22.